The number of benzene rings is 1. The number of ether oxygens (including phenoxy) is 3. The van der Waals surface area contributed by atoms with Crippen molar-refractivity contribution in [2.45, 2.75) is 202 Å². The van der Waals surface area contributed by atoms with E-state index < -0.39 is 27.7 Å². The Kier molecular flexibility index (Phi) is 7.84. The fourth-order valence-electron chi connectivity index (χ4n) is 17.3. The second-order valence-electron chi connectivity index (χ2n) is 23.9. The third-order valence-corrected chi connectivity index (χ3v) is 26.5. The summed E-state index contributed by atoms with van der Waals surface area (Å²) in [6, 6.07) is 5.79. The molecule has 0 N–H and O–H groups in total. The molecule has 7 heteroatoms. The average molecular weight is 779 g/mol. The van der Waals surface area contributed by atoms with Crippen molar-refractivity contribution in [3.05, 3.63) is 23.3 Å². The molecular formula is C45H72O3P2Si2. The SMILES string of the molecule is CC12CC3(C)OC(C)(CC(C)(O1)C3(CP)c1cc([Si](C)(C)C)c([Si](C)(C)C)cc1CP(C13CC4CC(CC(C4)C1)C3)C13CC4CC(CC(C4)C1)C3)O2. The molecule has 8 aliphatic carbocycles. The van der Waals surface area contributed by atoms with E-state index in [1.54, 1.807) is 98.6 Å². The second kappa shape index (κ2) is 11.1. The summed E-state index contributed by atoms with van der Waals surface area (Å²) in [5.41, 5.74) is 2.37. The van der Waals surface area contributed by atoms with E-state index in [1.165, 1.54) is 6.16 Å². The van der Waals surface area contributed by atoms with Crippen molar-refractivity contribution in [2.75, 3.05) is 6.16 Å². The van der Waals surface area contributed by atoms with Gasteiger partial charge < -0.3 is 14.2 Å². The molecule has 5 unspecified atom stereocenters. The Labute approximate surface area is 323 Å². The minimum absolute atomic E-state index is 0.190. The van der Waals surface area contributed by atoms with Crippen LogP contribution in [0.4, 0.5) is 0 Å². The Hall–Kier alpha value is 0.394. The molecule has 12 aliphatic rings. The van der Waals surface area contributed by atoms with Crippen LogP contribution in [0.5, 0.6) is 0 Å². The zero-order valence-corrected chi connectivity index (χ0v) is 38.7. The van der Waals surface area contributed by atoms with Crippen molar-refractivity contribution in [1.29, 1.82) is 0 Å². The predicted octanol–water partition coefficient (Wildman–Crippen LogP) is 10.6. The summed E-state index contributed by atoms with van der Waals surface area (Å²) in [4.78, 5) is 0. The van der Waals surface area contributed by atoms with Crippen LogP contribution in [0.15, 0.2) is 12.1 Å². The first-order valence-electron chi connectivity index (χ1n) is 21.9. The van der Waals surface area contributed by atoms with Crippen LogP contribution in [0.2, 0.25) is 39.3 Å². The quantitative estimate of drug-likeness (QED) is 0.194. The van der Waals surface area contributed by atoms with Gasteiger partial charge in [-0.3, -0.25) is 0 Å². The lowest BCUT2D eigenvalue weighted by Crippen LogP contribution is -2.84. The van der Waals surface area contributed by atoms with Gasteiger partial charge in [0, 0.05) is 12.8 Å². The van der Waals surface area contributed by atoms with Gasteiger partial charge in [0.05, 0.1) is 32.8 Å². The van der Waals surface area contributed by atoms with Crippen LogP contribution in [-0.2, 0) is 25.8 Å². The molecule has 1 aromatic carbocycles. The molecule has 13 rings (SSSR count). The van der Waals surface area contributed by atoms with Gasteiger partial charge in [0.1, 0.15) is 0 Å². The Balaban J connectivity index is 1.21. The lowest BCUT2D eigenvalue weighted by molar-refractivity contribution is -0.531. The van der Waals surface area contributed by atoms with E-state index in [0.717, 1.165) is 54.5 Å². The van der Waals surface area contributed by atoms with Crippen molar-refractivity contribution < 1.29 is 14.2 Å². The summed E-state index contributed by atoms with van der Waals surface area (Å²) < 4.78 is 21.4. The largest absolute Gasteiger partial charge is 0.343 e. The zero-order chi connectivity index (χ0) is 36.7. The van der Waals surface area contributed by atoms with Crippen molar-refractivity contribution >= 4 is 43.7 Å². The Bertz CT molecular complexity index is 1510. The highest BCUT2D eigenvalue weighted by Gasteiger charge is 2.78. The van der Waals surface area contributed by atoms with Gasteiger partial charge in [0.2, 0.25) is 0 Å². The van der Waals surface area contributed by atoms with E-state index in [4.69, 9.17) is 14.2 Å². The first-order valence-corrected chi connectivity index (χ1v) is 31.2. The minimum Gasteiger partial charge on any atom is -0.343 e. The van der Waals surface area contributed by atoms with Crippen molar-refractivity contribution in [2.24, 2.45) is 35.5 Å². The standard InChI is InChI=1S/C45H72O3P2Si2/c1-39-26-41(3)47-40(2,27-42(4,46-39)48-41)45(39,28-49)36-18-38(52(8,9)10)37(51(5,6)7)17-35(36)25-50(43-19-29-11-30(20-43)13-31(12-29)21-43)44-22-32-14-33(23-44)16-34(15-32)24-44/h17-18,29-34H,11-16,19-28,49H2,1-10H3. The van der Waals surface area contributed by atoms with Gasteiger partial charge in [-0.1, -0.05) is 69.7 Å². The van der Waals surface area contributed by atoms with Crippen LogP contribution < -0.4 is 10.4 Å². The number of rotatable bonds is 8. The van der Waals surface area contributed by atoms with Crippen LogP contribution in [0.3, 0.4) is 0 Å². The smallest absolute Gasteiger partial charge is 0.172 e. The molecule has 0 aromatic heterocycles. The van der Waals surface area contributed by atoms with Gasteiger partial charge in [-0.05, 0) is 174 Å². The van der Waals surface area contributed by atoms with Crippen LogP contribution in [0.25, 0.3) is 0 Å². The Morgan fingerprint density at radius 1 is 0.596 bits per heavy atom. The molecule has 3 nitrogen and oxygen atoms in total. The Morgan fingerprint density at radius 2 is 0.962 bits per heavy atom. The Morgan fingerprint density at radius 3 is 1.31 bits per heavy atom. The van der Waals surface area contributed by atoms with Gasteiger partial charge in [-0.25, -0.2) is 0 Å². The van der Waals surface area contributed by atoms with Gasteiger partial charge in [-0.2, -0.15) is 0 Å². The number of hydrogen-bond donors (Lipinski definition) is 0. The zero-order valence-electron chi connectivity index (χ0n) is 34.7. The lowest BCUT2D eigenvalue weighted by Gasteiger charge is -2.75. The molecule has 4 saturated heterocycles. The van der Waals surface area contributed by atoms with Crippen molar-refractivity contribution in [3.63, 3.8) is 0 Å². The highest BCUT2D eigenvalue weighted by atomic mass is 31.1. The molecule has 288 valence electrons. The molecule has 8 saturated carbocycles. The molecule has 0 amide bonds. The van der Waals surface area contributed by atoms with E-state index >= 15 is 0 Å². The number of hydrogen-bond acceptors (Lipinski definition) is 3. The summed E-state index contributed by atoms with van der Waals surface area (Å²) in [5, 5.41) is 4.72. The maximum Gasteiger partial charge on any atom is 0.172 e. The van der Waals surface area contributed by atoms with Crippen LogP contribution in [0, 0.1) is 35.5 Å². The van der Waals surface area contributed by atoms with Gasteiger partial charge in [0.25, 0.3) is 0 Å². The van der Waals surface area contributed by atoms with Crippen LogP contribution in [0.1, 0.15) is 129 Å². The molecule has 0 radical (unpaired) electrons. The summed E-state index contributed by atoms with van der Waals surface area (Å²) >= 11 is 0. The highest BCUT2D eigenvalue weighted by Crippen LogP contribution is 2.80. The van der Waals surface area contributed by atoms with Crippen molar-refractivity contribution in [3.8, 4) is 0 Å². The van der Waals surface area contributed by atoms with E-state index in [0.29, 0.717) is 10.3 Å². The first-order chi connectivity index (χ1) is 24.1. The maximum absolute atomic E-state index is 7.38. The monoisotopic (exact) mass is 778 g/mol. The third kappa shape index (κ3) is 5.09. The molecule has 4 aliphatic heterocycles. The molecule has 4 heterocycles. The topological polar surface area (TPSA) is 27.7 Å². The van der Waals surface area contributed by atoms with E-state index in [1.807, 2.05) is 0 Å². The van der Waals surface area contributed by atoms with E-state index in [9.17, 15) is 0 Å². The third-order valence-electron chi connectivity index (χ3n) is 17.5. The van der Waals surface area contributed by atoms with E-state index in [-0.39, 0.29) is 24.5 Å². The normalized spacial score (nSPS) is 51.8. The fraction of sp³-hybridized carbons (Fsp3) is 0.867. The molecule has 52 heavy (non-hydrogen) atoms. The average Bonchev–Trinajstić information content (AvgIpc) is 2.95. The summed E-state index contributed by atoms with van der Waals surface area (Å²) in [5.74, 6) is 4.87. The van der Waals surface area contributed by atoms with Gasteiger partial charge in [0.15, 0.2) is 11.6 Å². The molecule has 12 bridgehead atoms. The molecule has 12 fully saturated rings. The minimum atomic E-state index is -1.70. The predicted molar refractivity (Wildman–Crippen MR) is 227 cm³/mol. The summed E-state index contributed by atoms with van der Waals surface area (Å²) in [6.45, 7) is 25.1. The second-order valence-corrected chi connectivity index (χ2v) is 37.5. The molecule has 1 aromatic rings. The summed E-state index contributed by atoms with van der Waals surface area (Å²) in [6.07, 6.45) is 22.6. The van der Waals surface area contributed by atoms with E-state index in [2.05, 4.69) is 88.3 Å². The first kappa shape index (κ1) is 36.7. The van der Waals surface area contributed by atoms with Crippen molar-refractivity contribution in [1.82, 2.24) is 0 Å². The fourth-order valence-corrected chi connectivity index (χ4v) is 28.7. The molecule has 5 atom stereocenters. The summed E-state index contributed by atoms with van der Waals surface area (Å²) in [7, 11) is -0.242. The highest BCUT2D eigenvalue weighted by molar-refractivity contribution is 7.60. The van der Waals surface area contributed by atoms with Crippen LogP contribution >= 0.6 is 17.2 Å². The van der Waals surface area contributed by atoms with Gasteiger partial charge in [-0.15, -0.1) is 9.24 Å². The molecular weight excluding hydrogens is 707 g/mol. The lowest BCUT2D eigenvalue weighted by atomic mass is 9.51. The van der Waals surface area contributed by atoms with Crippen LogP contribution in [-0.4, -0.2) is 55.4 Å². The molecule has 0 spiro atoms. The van der Waals surface area contributed by atoms with Gasteiger partial charge >= 0.3 is 0 Å². The maximum atomic E-state index is 7.38.